The molecule has 80 valence electrons. The molecule has 0 N–H and O–H groups in total. The molecule has 0 saturated carbocycles. The van der Waals surface area contributed by atoms with Crippen LogP contribution in [0.4, 0.5) is 0 Å². The topological polar surface area (TPSA) is 30.3 Å². The first kappa shape index (κ1) is 11.5. The molecular weight excluding hydrogens is 174 g/mol. The van der Waals surface area contributed by atoms with E-state index in [1.807, 2.05) is 0 Å². The second-order valence-electron chi connectivity index (χ2n) is 4.21. The normalized spacial score (nSPS) is 31.0. The van der Waals surface area contributed by atoms with E-state index in [-0.39, 0.29) is 0 Å². The third-order valence-electron chi connectivity index (χ3n) is 3.38. The van der Waals surface area contributed by atoms with Gasteiger partial charge in [0.25, 0.3) is 0 Å². The lowest BCUT2D eigenvalue weighted by molar-refractivity contribution is 0.180. The Morgan fingerprint density at radius 1 is 1.50 bits per heavy atom. The van der Waals surface area contributed by atoms with E-state index in [9.17, 15) is 0 Å². The molecule has 0 aromatic rings. The highest BCUT2D eigenvalue weighted by Crippen LogP contribution is 2.15. The van der Waals surface area contributed by atoms with Crippen LogP contribution in [0, 0.1) is 11.3 Å². The molecule has 1 fully saturated rings. The van der Waals surface area contributed by atoms with Gasteiger partial charge < -0.3 is 4.90 Å². The van der Waals surface area contributed by atoms with E-state index in [1.54, 1.807) is 0 Å². The fourth-order valence-corrected chi connectivity index (χ4v) is 2.05. The smallest absolute Gasteiger partial charge is 0.0638 e. The van der Waals surface area contributed by atoms with Crippen molar-refractivity contribution in [2.45, 2.75) is 38.8 Å². The number of likely N-dealkylation sites (N-methyl/N-ethyl adjacent to an activating group) is 2. The van der Waals surface area contributed by atoms with Crippen molar-refractivity contribution in [1.82, 2.24) is 9.80 Å². The Hall–Kier alpha value is -0.590. The first-order valence-electron chi connectivity index (χ1n) is 5.50. The van der Waals surface area contributed by atoms with Gasteiger partial charge in [0.2, 0.25) is 0 Å². The van der Waals surface area contributed by atoms with Gasteiger partial charge in [0.05, 0.1) is 12.5 Å². The van der Waals surface area contributed by atoms with E-state index in [0.717, 1.165) is 13.1 Å². The Kier molecular flexibility index (Phi) is 4.37. The Balaban J connectivity index is 2.63. The van der Waals surface area contributed by atoms with Gasteiger partial charge in [0.1, 0.15) is 0 Å². The molecule has 3 heteroatoms. The minimum atomic E-state index is 0.414. The summed E-state index contributed by atoms with van der Waals surface area (Å²) in [5.74, 6) is 0. The molecule has 1 aliphatic heterocycles. The minimum Gasteiger partial charge on any atom is -0.302 e. The Labute approximate surface area is 87.3 Å². The van der Waals surface area contributed by atoms with Crippen molar-refractivity contribution in [2.24, 2.45) is 0 Å². The fourth-order valence-electron chi connectivity index (χ4n) is 2.05. The standard InChI is InChI=1S/C11H21N3/c1-4-14-8-6-10(2)13(3)11(9-14)5-7-12/h10-11H,4-6,8-9H2,1-3H3. The number of hydrogen-bond donors (Lipinski definition) is 0. The number of nitrogens with zero attached hydrogens (tertiary/aromatic N) is 3. The third-order valence-corrected chi connectivity index (χ3v) is 3.38. The van der Waals surface area contributed by atoms with Gasteiger partial charge in [-0.2, -0.15) is 5.26 Å². The number of nitriles is 1. The molecule has 14 heavy (non-hydrogen) atoms. The second kappa shape index (κ2) is 5.33. The highest BCUT2D eigenvalue weighted by molar-refractivity contribution is 4.88. The maximum atomic E-state index is 8.78. The van der Waals surface area contributed by atoms with Crippen molar-refractivity contribution in [3.05, 3.63) is 0 Å². The lowest BCUT2D eigenvalue weighted by atomic mass is 10.1. The van der Waals surface area contributed by atoms with Crippen LogP contribution in [-0.2, 0) is 0 Å². The quantitative estimate of drug-likeness (QED) is 0.665. The van der Waals surface area contributed by atoms with Gasteiger partial charge in [-0.15, -0.1) is 0 Å². The summed E-state index contributed by atoms with van der Waals surface area (Å²) in [5.41, 5.74) is 0. The van der Waals surface area contributed by atoms with Crippen LogP contribution in [0.15, 0.2) is 0 Å². The maximum absolute atomic E-state index is 8.78. The summed E-state index contributed by atoms with van der Waals surface area (Å²) >= 11 is 0. The van der Waals surface area contributed by atoms with E-state index >= 15 is 0 Å². The van der Waals surface area contributed by atoms with Crippen molar-refractivity contribution in [3.63, 3.8) is 0 Å². The molecule has 2 unspecified atom stereocenters. The largest absolute Gasteiger partial charge is 0.302 e. The van der Waals surface area contributed by atoms with E-state index < -0.39 is 0 Å². The van der Waals surface area contributed by atoms with Gasteiger partial charge in [-0.25, -0.2) is 0 Å². The molecule has 0 radical (unpaired) electrons. The lowest BCUT2D eigenvalue weighted by Gasteiger charge is -2.29. The Morgan fingerprint density at radius 2 is 2.21 bits per heavy atom. The van der Waals surface area contributed by atoms with Crippen molar-refractivity contribution in [3.8, 4) is 6.07 Å². The summed E-state index contributed by atoms with van der Waals surface area (Å²) in [4.78, 5) is 4.81. The van der Waals surface area contributed by atoms with Crippen LogP contribution in [-0.4, -0.2) is 48.6 Å². The SMILES string of the molecule is CCN1CCC(C)N(C)C(CC#N)C1. The molecule has 1 heterocycles. The first-order valence-corrected chi connectivity index (χ1v) is 5.50. The van der Waals surface area contributed by atoms with Crippen molar-refractivity contribution in [1.29, 1.82) is 5.26 Å². The molecule has 0 aromatic carbocycles. The van der Waals surface area contributed by atoms with Crippen LogP contribution in [0.25, 0.3) is 0 Å². The van der Waals surface area contributed by atoms with E-state index in [1.165, 1.54) is 13.0 Å². The molecule has 0 aromatic heterocycles. The molecule has 3 nitrogen and oxygen atoms in total. The number of rotatable bonds is 2. The zero-order valence-corrected chi connectivity index (χ0v) is 9.53. The molecule has 1 aliphatic rings. The molecule has 0 spiro atoms. The average molecular weight is 195 g/mol. The van der Waals surface area contributed by atoms with Crippen LogP contribution >= 0.6 is 0 Å². The highest BCUT2D eigenvalue weighted by atomic mass is 15.2. The molecule has 0 bridgehead atoms. The van der Waals surface area contributed by atoms with Crippen molar-refractivity contribution in [2.75, 3.05) is 26.7 Å². The summed E-state index contributed by atoms with van der Waals surface area (Å²) in [6.45, 7) is 7.76. The molecule has 1 saturated heterocycles. The van der Waals surface area contributed by atoms with Crippen molar-refractivity contribution < 1.29 is 0 Å². The summed E-state index contributed by atoms with van der Waals surface area (Å²) in [5, 5.41) is 8.78. The Morgan fingerprint density at radius 3 is 2.79 bits per heavy atom. The van der Waals surface area contributed by atoms with E-state index in [2.05, 4.69) is 36.8 Å². The molecule has 0 amide bonds. The zero-order chi connectivity index (χ0) is 10.6. The summed E-state index contributed by atoms with van der Waals surface area (Å²) < 4.78 is 0. The minimum absolute atomic E-state index is 0.414. The predicted octanol–water partition coefficient (Wildman–Crippen LogP) is 1.31. The second-order valence-corrected chi connectivity index (χ2v) is 4.21. The van der Waals surface area contributed by atoms with Gasteiger partial charge >= 0.3 is 0 Å². The first-order chi connectivity index (χ1) is 6.69. The molecule has 2 atom stereocenters. The lowest BCUT2D eigenvalue weighted by Crippen LogP contribution is -2.41. The third kappa shape index (κ3) is 2.70. The monoisotopic (exact) mass is 195 g/mol. The fraction of sp³-hybridized carbons (Fsp3) is 0.909. The van der Waals surface area contributed by atoms with E-state index in [4.69, 9.17) is 5.26 Å². The van der Waals surface area contributed by atoms with Gasteiger partial charge in [0, 0.05) is 18.6 Å². The zero-order valence-electron chi connectivity index (χ0n) is 9.53. The van der Waals surface area contributed by atoms with Gasteiger partial charge in [-0.3, -0.25) is 4.90 Å². The molecule has 0 aliphatic carbocycles. The van der Waals surface area contributed by atoms with Crippen LogP contribution < -0.4 is 0 Å². The van der Waals surface area contributed by atoms with Crippen LogP contribution in [0.1, 0.15) is 26.7 Å². The van der Waals surface area contributed by atoms with Crippen LogP contribution in [0.2, 0.25) is 0 Å². The summed E-state index contributed by atoms with van der Waals surface area (Å²) in [6.07, 6.45) is 1.86. The van der Waals surface area contributed by atoms with Crippen LogP contribution in [0.5, 0.6) is 0 Å². The van der Waals surface area contributed by atoms with Gasteiger partial charge in [-0.05, 0) is 33.5 Å². The van der Waals surface area contributed by atoms with Gasteiger partial charge in [-0.1, -0.05) is 6.92 Å². The molecular formula is C11H21N3. The van der Waals surface area contributed by atoms with Crippen LogP contribution in [0.3, 0.4) is 0 Å². The predicted molar refractivity (Wildman–Crippen MR) is 58.0 cm³/mol. The number of hydrogen-bond acceptors (Lipinski definition) is 3. The summed E-state index contributed by atoms with van der Waals surface area (Å²) in [6, 6.07) is 3.31. The molecule has 1 rings (SSSR count). The van der Waals surface area contributed by atoms with E-state index in [0.29, 0.717) is 18.5 Å². The average Bonchev–Trinajstić information content (AvgIpc) is 2.32. The highest BCUT2D eigenvalue weighted by Gasteiger charge is 2.25. The van der Waals surface area contributed by atoms with Gasteiger partial charge in [0.15, 0.2) is 0 Å². The maximum Gasteiger partial charge on any atom is 0.0638 e. The van der Waals surface area contributed by atoms with Crippen molar-refractivity contribution >= 4 is 0 Å². The Bertz CT molecular complexity index is 209. The summed E-state index contributed by atoms with van der Waals surface area (Å²) in [7, 11) is 2.14.